The second-order valence-electron chi connectivity index (χ2n) is 5.83. The highest BCUT2D eigenvalue weighted by Gasteiger charge is 2.16. The zero-order valence-electron chi connectivity index (χ0n) is 13.5. The van der Waals surface area contributed by atoms with Crippen molar-refractivity contribution in [3.05, 3.63) is 29.8 Å². The van der Waals surface area contributed by atoms with Gasteiger partial charge in [-0.2, -0.15) is 0 Å². The maximum Gasteiger partial charge on any atom is 0.319 e. The highest BCUT2D eigenvalue weighted by molar-refractivity contribution is 5.95. The Labute approximate surface area is 143 Å². The molecule has 6 nitrogen and oxygen atoms in total. The lowest BCUT2D eigenvalue weighted by molar-refractivity contribution is 0.0929. The normalized spacial score (nSPS) is 14.7. The third kappa shape index (κ3) is 6.46. The van der Waals surface area contributed by atoms with Gasteiger partial charge >= 0.3 is 6.03 Å². The predicted octanol–water partition coefficient (Wildman–Crippen LogP) is 2.12. The van der Waals surface area contributed by atoms with Gasteiger partial charge in [-0.25, -0.2) is 4.79 Å². The molecule has 0 bridgehead atoms. The number of nitrogens with one attached hydrogen (secondary N) is 4. The van der Waals surface area contributed by atoms with E-state index in [1.165, 1.54) is 0 Å². The minimum Gasteiger partial charge on any atom is -0.349 e. The Morgan fingerprint density at radius 1 is 1.13 bits per heavy atom. The van der Waals surface area contributed by atoms with E-state index in [2.05, 4.69) is 21.3 Å². The largest absolute Gasteiger partial charge is 0.349 e. The first-order valence-electron chi connectivity index (χ1n) is 7.74. The molecule has 1 aromatic rings. The van der Waals surface area contributed by atoms with Gasteiger partial charge in [-0.15, -0.1) is 12.4 Å². The summed E-state index contributed by atoms with van der Waals surface area (Å²) < 4.78 is 0. The van der Waals surface area contributed by atoms with E-state index < -0.39 is 0 Å². The molecule has 128 valence electrons. The third-order valence-electron chi connectivity index (χ3n) is 3.50. The minimum atomic E-state index is -0.248. The Bertz CT molecular complexity index is 513. The van der Waals surface area contributed by atoms with Crippen LogP contribution in [0.2, 0.25) is 0 Å². The van der Waals surface area contributed by atoms with Crippen molar-refractivity contribution >= 4 is 30.0 Å². The number of rotatable bonds is 4. The first-order chi connectivity index (χ1) is 10.5. The lowest BCUT2D eigenvalue weighted by Gasteiger charge is -2.23. The lowest BCUT2D eigenvalue weighted by Crippen LogP contribution is -2.42. The summed E-state index contributed by atoms with van der Waals surface area (Å²) >= 11 is 0. The van der Waals surface area contributed by atoms with Crippen LogP contribution in [0, 0.1) is 0 Å². The average Bonchev–Trinajstić information content (AvgIpc) is 2.48. The van der Waals surface area contributed by atoms with Crippen molar-refractivity contribution in [3.8, 4) is 0 Å². The van der Waals surface area contributed by atoms with E-state index in [1.54, 1.807) is 24.3 Å². The van der Waals surface area contributed by atoms with Gasteiger partial charge in [-0.3, -0.25) is 4.79 Å². The van der Waals surface area contributed by atoms with Crippen molar-refractivity contribution in [2.75, 3.05) is 18.4 Å². The first-order valence-corrected chi connectivity index (χ1v) is 7.74. The van der Waals surface area contributed by atoms with E-state index in [9.17, 15) is 9.59 Å². The lowest BCUT2D eigenvalue weighted by atomic mass is 10.1. The predicted molar refractivity (Wildman–Crippen MR) is 94.3 cm³/mol. The SMILES string of the molecule is CC(C)NC(=O)Nc1ccc(C(=O)NC2CCNCC2)cc1.Cl. The number of amides is 3. The number of urea groups is 1. The first kappa shape index (κ1) is 19.3. The van der Waals surface area contributed by atoms with Gasteiger partial charge in [0, 0.05) is 23.3 Å². The Hall–Kier alpha value is -1.79. The zero-order chi connectivity index (χ0) is 15.9. The summed E-state index contributed by atoms with van der Waals surface area (Å²) in [6.45, 7) is 5.68. The summed E-state index contributed by atoms with van der Waals surface area (Å²) in [7, 11) is 0. The van der Waals surface area contributed by atoms with Crippen LogP contribution in [0.3, 0.4) is 0 Å². The number of halogens is 1. The molecule has 0 saturated carbocycles. The van der Waals surface area contributed by atoms with Crippen molar-refractivity contribution in [3.63, 3.8) is 0 Å². The Balaban J connectivity index is 0.00000264. The molecule has 4 N–H and O–H groups in total. The molecule has 1 aliphatic heterocycles. The van der Waals surface area contributed by atoms with Crippen LogP contribution in [0.15, 0.2) is 24.3 Å². The molecule has 1 saturated heterocycles. The Morgan fingerprint density at radius 2 is 1.74 bits per heavy atom. The van der Waals surface area contributed by atoms with Crippen molar-refractivity contribution in [2.45, 2.75) is 38.8 Å². The molecule has 0 unspecified atom stereocenters. The molecule has 1 aromatic carbocycles. The fraction of sp³-hybridized carbons (Fsp3) is 0.500. The molecule has 23 heavy (non-hydrogen) atoms. The van der Waals surface area contributed by atoms with Crippen LogP contribution < -0.4 is 21.3 Å². The van der Waals surface area contributed by atoms with Crippen molar-refractivity contribution in [1.29, 1.82) is 0 Å². The van der Waals surface area contributed by atoms with E-state index >= 15 is 0 Å². The van der Waals surface area contributed by atoms with Gasteiger partial charge < -0.3 is 21.3 Å². The number of anilines is 1. The van der Waals surface area contributed by atoms with Crippen molar-refractivity contribution in [1.82, 2.24) is 16.0 Å². The monoisotopic (exact) mass is 340 g/mol. The molecule has 1 fully saturated rings. The van der Waals surface area contributed by atoms with Crippen LogP contribution in [-0.4, -0.2) is 37.1 Å². The second-order valence-corrected chi connectivity index (χ2v) is 5.83. The highest BCUT2D eigenvalue weighted by Crippen LogP contribution is 2.11. The van der Waals surface area contributed by atoms with Crippen LogP contribution in [0.4, 0.5) is 10.5 Å². The molecule has 2 rings (SSSR count). The van der Waals surface area contributed by atoms with E-state index in [0.29, 0.717) is 11.3 Å². The maximum atomic E-state index is 12.2. The quantitative estimate of drug-likeness (QED) is 0.677. The summed E-state index contributed by atoms with van der Waals surface area (Å²) in [5.41, 5.74) is 1.27. The second kappa shape index (κ2) is 9.37. The van der Waals surface area contributed by atoms with Crippen molar-refractivity contribution < 1.29 is 9.59 Å². The van der Waals surface area contributed by atoms with Gasteiger partial charge in [0.15, 0.2) is 0 Å². The third-order valence-corrected chi connectivity index (χ3v) is 3.50. The fourth-order valence-electron chi connectivity index (χ4n) is 2.37. The van der Waals surface area contributed by atoms with Gasteiger partial charge in [-0.05, 0) is 64.0 Å². The molecule has 0 aromatic heterocycles. The van der Waals surface area contributed by atoms with Gasteiger partial charge in [0.1, 0.15) is 0 Å². The highest BCUT2D eigenvalue weighted by atomic mass is 35.5. The minimum absolute atomic E-state index is 0. The van der Waals surface area contributed by atoms with E-state index in [4.69, 9.17) is 0 Å². The van der Waals surface area contributed by atoms with Crippen LogP contribution in [0.5, 0.6) is 0 Å². The van der Waals surface area contributed by atoms with Crippen LogP contribution in [-0.2, 0) is 0 Å². The van der Waals surface area contributed by atoms with E-state index in [-0.39, 0.29) is 36.4 Å². The van der Waals surface area contributed by atoms with Gasteiger partial charge in [-0.1, -0.05) is 0 Å². The number of hydrogen-bond donors (Lipinski definition) is 4. The van der Waals surface area contributed by atoms with Crippen LogP contribution >= 0.6 is 12.4 Å². The zero-order valence-corrected chi connectivity index (χ0v) is 14.3. The molecule has 0 radical (unpaired) electrons. The molecular formula is C16H25ClN4O2. The van der Waals surface area contributed by atoms with E-state index in [1.807, 2.05) is 13.8 Å². The molecule has 0 atom stereocenters. The summed E-state index contributed by atoms with van der Waals surface area (Å²) in [6.07, 6.45) is 1.92. The smallest absolute Gasteiger partial charge is 0.319 e. The molecular weight excluding hydrogens is 316 g/mol. The fourth-order valence-corrected chi connectivity index (χ4v) is 2.37. The summed E-state index contributed by atoms with van der Waals surface area (Å²) in [6, 6.07) is 6.98. The molecule has 3 amide bonds. The Kier molecular flexibility index (Phi) is 7.85. The standard InChI is InChI=1S/C16H24N4O2.ClH/c1-11(2)18-16(22)20-13-5-3-12(4-6-13)15(21)19-14-7-9-17-10-8-14;/h3-6,11,14,17H,7-10H2,1-2H3,(H,19,21)(H2,18,20,22);1H. The van der Waals surface area contributed by atoms with E-state index in [0.717, 1.165) is 25.9 Å². The van der Waals surface area contributed by atoms with Gasteiger partial charge in [0.2, 0.25) is 0 Å². The maximum absolute atomic E-state index is 12.2. The van der Waals surface area contributed by atoms with Crippen LogP contribution in [0.25, 0.3) is 0 Å². The van der Waals surface area contributed by atoms with Crippen LogP contribution in [0.1, 0.15) is 37.0 Å². The topological polar surface area (TPSA) is 82.3 Å². The number of carbonyl (C=O) groups excluding carboxylic acids is 2. The molecule has 1 aliphatic rings. The molecule has 0 spiro atoms. The average molecular weight is 341 g/mol. The summed E-state index contributed by atoms with van der Waals surface area (Å²) in [4.78, 5) is 23.8. The molecule has 7 heteroatoms. The number of benzene rings is 1. The summed E-state index contributed by atoms with van der Waals surface area (Å²) in [5.74, 6) is -0.0647. The molecule has 0 aliphatic carbocycles. The van der Waals surface area contributed by atoms with Gasteiger partial charge in [0.05, 0.1) is 0 Å². The number of hydrogen-bond acceptors (Lipinski definition) is 3. The number of carbonyl (C=O) groups is 2. The molecule has 1 heterocycles. The number of piperidine rings is 1. The van der Waals surface area contributed by atoms with Crippen molar-refractivity contribution in [2.24, 2.45) is 0 Å². The van der Waals surface area contributed by atoms with Gasteiger partial charge in [0.25, 0.3) is 5.91 Å². The Morgan fingerprint density at radius 3 is 2.30 bits per heavy atom. The summed E-state index contributed by atoms with van der Waals surface area (Å²) in [5, 5.41) is 11.8.